The number of morpholine rings is 1. The van der Waals surface area contributed by atoms with Gasteiger partial charge in [-0.1, -0.05) is 20.8 Å². The molecular weight excluding hydrogens is 228 g/mol. The van der Waals surface area contributed by atoms with Crippen LogP contribution >= 0.6 is 0 Å². The lowest BCUT2D eigenvalue weighted by Crippen LogP contribution is -2.45. The van der Waals surface area contributed by atoms with Crippen LogP contribution in [0.25, 0.3) is 0 Å². The van der Waals surface area contributed by atoms with Crippen molar-refractivity contribution in [3.63, 3.8) is 0 Å². The molecule has 0 spiro atoms. The first-order valence-corrected chi connectivity index (χ1v) is 7.04. The minimum absolute atomic E-state index is 0.211. The molecule has 0 aliphatic carbocycles. The SMILES string of the molecule is CC(C)(C)C(=O)CN1CCC(N2CCOCC2)C1. The average Bonchev–Trinajstić information content (AvgIpc) is 2.77. The molecule has 2 heterocycles. The molecule has 2 saturated heterocycles. The molecule has 0 N–H and O–H groups in total. The molecular formula is C14H26N2O2. The Kier molecular flexibility index (Phi) is 4.41. The lowest BCUT2D eigenvalue weighted by atomic mass is 9.90. The van der Waals surface area contributed by atoms with E-state index in [0.29, 0.717) is 18.4 Å². The molecule has 2 fully saturated rings. The molecule has 0 aromatic heterocycles. The first kappa shape index (κ1) is 14.0. The van der Waals surface area contributed by atoms with E-state index in [1.807, 2.05) is 20.8 Å². The van der Waals surface area contributed by atoms with Gasteiger partial charge >= 0.3 is 0 Å². The highest BCUT2D eigenvalue weighted by atomic mass is 16.5. The third-order valence-electron chi connectivity index (χ3n) is 4.01. The number of ether oxygens (including phenoxy) is 1. The molecule has 0 bridgehead atoms. The van der Waals surface area contributed by atoms with Gasteiger partial charge < -0.3 is 4.74 Å². The van der Waals surface area contributed by atoms with E-state index in [4.69, 9.17) is 4.74 Å². The van der Waals surface area contributed by atoms with Crippen LogP contribution in [-0.4, -0.2) is 67.6 Å². The first-order valence-electron chi connectivity index (χ1n) is 7.04. The maximum Gasteiger partial charge on any atom is 0.152 e. The second-order valence-corrected chi connectivity index (χ2v) is 6.50. The number of nitrogens with zero attached hydrogens (tertiary/aromatic N) is 2. The monoisotopic (exact) mass is 254 g/mol. The summed E-state index contributed by atoms with van der Waals surface area (Å²) in [6.07, 6.45) is 1.19. The fraction of sp³-hybridized carbons (Fsp3) is 0.929. The third-order valence-corrected chi connectivity index (χ3v) is 4.01. The molecule has 0 aromatic rings. The molecule has 0 amide bonds. The molecule has 0 saturated carbocycles. The van der Waals surface area contributed by atoms with E-state index in [-0.39, 0.29) is 5.41 Å². The topological polar surface area (TPSA) is 32.8 Å². The Labute approximate surface area is 110 Å². The zero-order valence-corrected chi connectivity index (χ0v) is 11.9. The summed E-state index contributed by atoms with van der Waals surface area (Å²) in [5, 5.41) is 0. The lowest BCUT2D eigenvalue weighted by molar-refractivity contribution is -0.127. The van der Waals surface area contributed by atoms with Crippen LogP contribution in [-0.2, 0) is 9.53 Å². The van der Waals surface area contributed by atoms with Crippen molar-refractivity contribution < 1.29 is 9.53 Å². The van der Waals surface area contributed by atoms with E-state index < -0.39 is 0 Å². The predicted octanol–water partition coefficient (Wildman–Crippen LogP) is 1.01. The van der Waals surface area contributed by atoms with Gasteiger partial charge in [0, 0.05) is 37.6 Å². The molecule has 104 valence electrons. The van der Waals surface area contributed by atoms with Crippen molar-refractivity contribution in [2.45, 2.75) is 33.2 Å². The maximum atomic E-state index is 12.0. The van der Waals surface area contributed by atoms with E-state index >= 15 is 0 Å². The Bertz CT molecular complexity index is 293. The van der Waals surface area contributed by atoms with E-state index in [0.717, 1.165) is 39.4 Å². The van der Waals surface area contributed by atoms with Crippen molar-refractivity contribution >= 4 is 5.78 Å². The predicted molar refractivity (Wildman–Crippen MR) is 71.7 cm³/mol. The van der Waals surface area contributed by atoms with Crippen LogP contribution in [0.5, 0.6) is 0 Å². The number of carbonyl (C=O) groups is 1. The van der Waals surface area contributed by atoms with E-state index in [9.17, 15) is 4.79 Å². The summed E-state index contributed by atoms with van der Waals surface area (Å²) in [4.78, 5) is 16.9. The fourth-order valence-electron chi connectivity index (χ4n) is 2.64. The summed E-state index contributed by atoms with van der Waals surface area (Å²) in [6, 6.07) is 0.627. The third kappa shape index (κ3) is 3.53. The van der Waals surface area contributed by atoms with Crippen LogP contribution in [0, 0.1) is 5.41 Å². The molecule has 2 rings (SSSR count). The average molecular weight is 254 g/mol. The van der Waals surface area contributed by atoms with Crippen molar-refractivity contribution in [2.75, 3.05) is 45.9 Å². The second-order valence-electron chi connectivity index (χ2n) is 6.50. The number of Topliss-reactive ketones (excluding diaryl/α,β-unsaturated/α-hetero) is 1. The summed E-state index contributed by atoms with van der Waals surface area (Å²) in [5.41, 5.74) is -0.211. The van der Waals surface area contributed by atoms with E-state index in [1.54, 1.807) is 0 Å². The van der Waals surface area contributed by atoms with Crippen LogP contribution in [0.3, 0.4) is 0 Å². The van der Waals surface area contributed by atoms with Crippen molar-refractivity contribution in [1.82, 2.24) is 9.80 Å². The fourth-order valence-corrected chi connectivity index (χ4v) is 2.64. The first-order chi connectivity index (χ1) is 8.47. The summed E-state index contributed by atoms with van der Waals surface area (Å²) in [7, 11) is 0. The van der Waals surface area contributed by atoms with Gasteiger partial charge in [-0.05, 0) is 6.42 Å². The highest BCUT2D eigenvalue weighted by Gasteiger charge is 2.31. The van der Waals surface area contributed by atoms with E-state index in [2.05, 4.69) is 9.80 Å². The number of ketones is 1. The number of likely N-dealkylation sites (tertiary alicyclic amines) is 1. The Morgan fingerprint density at radius 2 is 1.89 bits per heavy atom. The van der Waals surface area contributed by atoms with Crippen LogP contribution in [0.15, 0.2) is 0 Å². The Morgan fingerprint density at radius 3 is 2.50 bits per heavy atom. The molecule has 2 aliphatic rings. The van der Waals surface area contributed by atoms with Gasteiger partial charge in [-0.3, -0.25) is 14.6 Å². The Morgan fingerprint density at radius 1 is 1.22 bits per heavy atom. The Balaban J connectivity index is 1.79. The van der Waals surface area contributed by atoms with Gasteiger partial charge in [-0.2, -0.15) is 0 Å². The molecule has 2 aliphatic heterocycles. The van der Waals surface area contributed by atoms with Gasteiger partial charge in [0.2, 0.25) is 0 Å². The molecule has 4 nitrogen and oxygen atoms in total. The van der Waals surface area contributed by atoms with Crippen LogP contribution in [0.1, 0.15) is 27.2 Å². The molecule has 4 heteroatoms. The van der Waals surface area contributed by atoms with Gasteiger partial charge in [-0.25, -0.2) is 0 Å². The van der Waals surface area contributed by atoms with Crippen LogP contribution in [0.2, 0.25) is 0 Å². The van der Waals surface area contributed by atoms with E-state index in [1.165, 1.54) is 6.42 Å². The summed E-state index contributed by atoms with van der Waals surface area (Å²) < 4.78 is 5.39. The number of carbonyl (C=O) groups excluding carboxylic acids is 1. The number of hydrogen-bond acceptors (Lipinski definition) is 4. The molecule has 0 aromatic carbocycles. The van der Waals surface area contributed by atoms with Crippen molar-refractivity contribution in [3.05, 3.63) is 0 Å². The van der Waals surface area contributed by atoms with Gasteiger partial charge in [0.1, 0.15) is 0 Å². The normalized spacial score (nSPS) is 27.6. The molecule has 1 unspecified atom stereocenters. The van der Waals surface area contributed by atoms with Crippen molar-refractivity contribution in [3.8, 4) is 0 Å². The Hall–Kier alpha value is -0.450. The highest BCUT2D eigenvalue weighted by Crippen LogP contribution is 2.20. The standard InChI is InChI=1S/C14H26N2O2/c1-14(2,3)13(17)11-15-5-4-12(10-15)16-6-8-18-9-7-16/h12H,4-11H2,1-3H3. The molecule has 1 atom stereocenters. The number of rotatable bonds is 3. The van der Waals surface area contributed by atoms with Crippen LogP contribution in [0.4, 0.5) is 0 Å². The smallest absolute Gasteiger partial charge is 0.152 e. The molecule has 18 heavy (non-hydrogen) atoms. The zero-order valence-electron chi connectivity index (χ0n) is 11.9. The lowest BCUT2D eigenvalue weighted by Gasteiger charge is -2.32. The van der Waals surface area contributed by atoms with Gasteiger partial charge in [0.15, 0.2) is 5.78 Å². The minimum Gasteiger partial charge on any atom is -0.379 e. The summed E-state index contributed by atoms with van der Waals surface area (Å²) in [5.74, 6) is 0.352. The quantitative estimate of drug-likeness (QED) is 0.752. The van der Waals surface area contributed by atoms with Gasteiger partial charge in [0.25, 0.3) is 0 Å². The van der Waals surface area contributed by atoms with Gasteiger partial charge in [0.05, 0.1) is 19.8 Å². The van der Waals surface area contributed by atoms with Crippen LogP contribution < -0.4 is 0 Å². The summed E-state index contributed by atoms with van der Waals surface area (Å²) >= 11 is 0. The highest BCUT2D eigenvalue weighted by molar-refractivity contribution is 5.85. The maximum absolute atomic E-state index is 12.0. The largest absolute Gasteiger partial charge is 0.379 e. The zero-order chi connectivity index (χ0) is 13.2. The summed E-state index contributed by atoms with van der Waals surface area (Å²) in [6.45, 7) is 12.5. The molecule has 0 radical (unpaired) electrons. The minimum atomic E-state index is -0.211. The van der Waals surface area contributed by atoms with Crippen molar-refractivity contribution in [1.29, 1.82) is 0 Å². The number of hydrogen-bond donors (Lipinski definition) is 0. The van der Waals surface area contributed by atoms with Gasteiger partial charge in [-0.15, -0.1) is 0 Å². The second kappa shape index (κ2) is 5.68. The van der Waals surface area contributed by atoms with Crippen molar-refractivity contribution in [2.24, 2.45) is 5.41 Å².